The van der Waals surface area contributed by atoms with E-state index in [-0.39, 0.29) is 12.3 Å². The summed E-state index contributed by atoms with van der Waals surface area (Å²) in [6.07, 6.45) is 5.73. The molecule has 2 rings (SSSR count). The maximum absolute atomic E-state index is 12.2. The molecular weight excluding hydrogens is 310 g/mol. The van der Waals surface area contributed by atoms with Crippen molar-refractivity contribution in [2.24, 2.45) is 0 Å². The van der Waals surface area contributed by atoms with Crippen LogP contribution in [0.5, 0.6) is 0 Å². The lowest BCUT2D eigenvalue weighted by molar-refractivity contribution is -0.137. The van der Waals surface area contributed by atoms with Crippen LogP contribution in [0.4, 0.5) is 0 Å². The second-order valence-corrected chi connectivity index (χ2v) is 6.14. The van der Waals surface area contributed by atoms with Gasteiger partial charge in [0.05, 0.1) is 11.1 Å². The molecule has 1 aliphatic rings. The zero-order chi connectivity index (χ0) is 15.4. The first-order valence-corrected chi connectivity index (χ1v) is 7.73. The van der Waals surface area contributed by atoms with Gasteiger partial charge in [0.2, 0.25) is 0 Å². The van der Waals surface area contributed by atoms with Gasteiger partial charge in [-0.1, -0.05) is 24.0 Å². The van der Waals surface area contributed by atoms with Crippen LogP contribution in [0.2, 0.25) is 0 Å². The predicted molar refractivity (Wildman–Crippen MR) is 84.6 cm³/mol. The van der Waals surface area contributed by atoms with Gasteiger partial charge in [-0.25, -0.2) is 0 Å². The Morgan fingerprint density at radius 2 is 2.33 bits per heavy atom. The Bertz CT molecular complexity index is 610. The molecule has 112 valence electrons. The molecule has 1 aliphatic heterocycles. The third-order valence-electron chi connectivity index (χ3n) is 2.92. The van der Waals surface area contributed by atoms with Crippen LogP contribution in [0.1, 0.15) is 25.3 Å². The largest absolute Gasteiger partial charge is 0.481 e. The summed E-state index contributed by atoms with van der Waals surface area (Å²) in [6.45, 7) is 3.09. The molecule has 0 atom stereocenters. The van der Waals surface area contributed by atoms with Crippen molar-refractivity contribution >= 4 is 46.3 Å². The second kappa shape index (κ2) is 6.86. The lowest BCUT2D eigenvalue weighted by atomic mass is 10.3. The maximum Gasteiger partial charge on any atom is 0.303 e. The van der Waals surface area contributed by atoms with Gasteiger partial charge in [0.15, 0.2) is 0 Å². The molecule has 0 saturated carbocycles. The summed E-state index contributed by atoms with van der Waals surface area (Å²) in [7, 11) is 0. The molecule has 0 radical (unpaired) electrons. The first kappa shape index (κ1) is 15.7. The molecule has 1 aromatic rings. The van der Waals surface area contributed by atoms with Gasteiger partial charge in [-0.05, 0) is 19.4 Å². The Hall–Kier alpha value is -1.67. The summed E-state index contributed by atoms with van der Waals surface area (Å²) in [5, 5.41) is 12.8. The molecule has 1 saturated heterocycles. The first-order valence-electron chi connectivity index (χ1n) is 6.51. The number of hydrogen-bond donors (Lipinski definition) is 1. The van der Waals surface area contributed by atoms with Crippen molar-refractivity contribution in [2.45, 2.75) is 26.3 Å². The van der Waals surface area contributed by atoms with Gasteiger partial charge in [0.1, 0.15) is 4.32 Å². The average Bonchev–Trinajstić information content (AvgIpc) is 2.98. The van der Waals surface area contributed by atoms with Crippen molar-refractivity contribution in [3.8, 4) is 0 Å². The average molecular weight is 325 g/mol. The number of carbonyl (C=O) groups excluding carboxylic acids is 1. The predicted octanol–water partition coefficient (Wildman–Crippen LogP) is 1.97. The maximum atomic E-state index is 12.2. The lowest BCUT2D eigenvalue weighted by Crippen LogP contribution is -2.29. The molecule has 21 heavy (non-hydrogen) atoms. The Balaban J connectivity index is 2.04. The van der Waals surface area contributed by atoms with E-state index >= 15 is 0 Å². The van der Waals surface area contributed by atoms with Crippen LogP contribution < -0.4 is 0 Å². The van der Waals surface area contributed by atoms with Crippen LogP contribution in [0, 0.1) is 0 Å². The second-order valence-electron chi connectivity index (χ2n) is 4.46. The van der Waals surface area contributed by atoms with Crippen molar-refractivity contribution in [1.82, 2.24) is 14.7 Å². The Morgan fingerprint density at radius 3 is 2.95 bits per heavy atom. The van der Waals surface area contributed by atoms with Crippen LogP contribution in [0.15, 0.2) is 17.3 Å². The minimum absolute atomic E-state index is 0.0272. The number of amides is 1. The summed E-state index contributed by atoms with van der Waals surface area (Å²) < 4.78 is 2.25. The van der Waals surface area contributed by atoms with E-state index < -0.39 is 5.97 Å². The van der Waals surface area contributed by atoms with E-state index in [2.05, 4.69) is 5.10 Å². The molecule has 1 amide bonds. The minimum Gasteiger partial charge on any atom is -0.481 e. The topological polar surface area (TPSA) is 75.4 Å². The number of nitrogens with zero attached hydrogens (tertiary/aromatic N) is 3. The van der Waals surface area contributed by atoms with Crippen molar-refractivity contribution in [3.05, 3.63) is 22.9 Å². The lowest BCUT2D eigenvalue weighted by Gasteiger charge is -2.13. The number of aryl methyl sites for hydroxylation is 1. The van der Waals surface area contributed by atoms with Gasteiger partial charge in [-0.3, -0.25) is 19.2 Å². The fourth-order valence-corrected chi connectivity index (χ4v) is 3.17. The number of aromatic nitrogens is 2. The third-order valence-corrected chi connectivity index (χ3v) is 4.30. The quantitative estimate of drug-likeness (QED) is 0.636. The highest BCUT2D eigenvalue weighted by Crippen LogP contribution is 2.32. The third kappa shape index (κ3) is 3.92. The number of rotatable bonds is 6. The molecule has 0 aromatic carbocycles. The Labute approximate surface area is 131 Å². The van der Waals surface area contributed by atoms with E-state index in [1.807, 2.05) is 13.1 Å². The number of thioether (sulfide) groups is 1. The van der Waals surface area contributed by atoms with E-state index in [9.17, 15) is 9.59 Å². The molecular formula is C13H15N3O3S2. The van der Waals surface area contributed by atoms with Gasteiger partial charge in [-0.2, -0.15) is 5.10 Å². The number of thiocarbonyl (C=S) groups is 1. The number of carbonyl (C=O) groups is 2. The summed E-state index contributed by atoms with van der Waals surface area (Å²) in [5.41, 5.74) is 0.850. The van der Waals surface area contributed by atoms with Crippen molar-refractivity contribution in [3.63, 3.8) is 0 Å². The molecule has 0 bridgehead atoms. The molecule has 6 nitrogen and oxygen atoms in total. The zero-order valence-corrected chi connectivity index (χ0v) is 13.1. The monoisotopic (exact) mass is 325 g/mol. The fraction of sp³-hybridized carbons (Fsp3) is 0.385. The molecule has 1 N–H and O–H groups in total. The van der Waals surface area contributed by atoms with Gasteiger partial charge < -0.3 is 5.11 Å². The van der Waals surface area contributed by atoms with Gasteiger partial charge in [-0.15, -0.1) is 0 Å². The Kier molecular flexibility index (Phi) is 5.13. The highest BCUT2D eigenvalue weighted by atomic mass is 32.2. The fourth-order valence-electron chi connectivity index (χ4n) is 1.86. The first-order chi connectivity index (χ1) is 10.0. The van der Waals surface area contributed by atoms with Crippen molar-refractivity contribution in [1.29, 1.82) is 0 Å². The van der Waals surface area contributed by atoms with Crippen molar-refractivity contribution in [2.75, 3.05) is 6.54 Å². The summed E-state index contributed by atoms with van der Waals surface area (Å²) in [5.74, 6) is -1.04. The Morgan fingerprint density at radius 1 is 1.57 bits per heavy atom. The molecule has 2 heterocycles. The molecule has 0 unspecified atom stereocenters. The van der Waals surface area contributed by atoms with E-state index in [4.69, 9.17) is 17.3 Å². The van der Waals surface area contributed by atoms with E-state index in [1.165, 1.54) is 16.7 Å². The normalized spacial score (nSPS) is 17.0. The standard InChI is InChI=1S/C13H15N3O3S2/c1-2-15-8-9(7-14-15)6-10-12(19)16(13(20)21-10)5-3-4-11(17)18/h6-8H,2-5H2,1H3,(H,17,18). The van der Waals surface area contributed by atoms with E-state index in [1.54, 1.807) is 17.0 Å². The molecule has 0 aliphatic carbocycles. The van der Waals surface area contributed by atoms with Gasteiger partial charge >= 0.3 is 5.97 Å². The molecule has 8 heteroatoms. The summed E-state index contributed by atoms with van der Waals surface area (Å²) >= 11 is 6.41. The molecule has 1 fully saturated rings. The van der Waals surface area contributed by atoms with Gasteiger partial charge in [0, 0.05) is 31.3 Å². The molecule has 0 spiro atoms. The highest BCUT2D eigenvalue weighted by Gasteiger charge is 2.31. The van der Waals surface area contributed by atoms with Crippen LogP contribution in [0.3, 0.4) is 0 Å². The smallest absolute Gasteiger partial charge is 0.303 e. The zero-order valence-electron chi connectivity index (χ0n) is 11.5. The van der Waals surface area contributed by atoms with E-state index in [0.717, 1.165) is 12.1 Å². The van der Waals surface area contributed by atoms with Crippen LogP contribution in [-0.2, 0) is 16.1 Å². The summed E-state index contributed by atoms with van der Waals surface area (Å²) in [4.78, 5) is 24.8. The minimum atomic E-state index is -0.872. The number of hydrogen-bond acceptors (Lipinski definition) is 5. The van der Waals surface area contributed by atoms with Gasteiger partial charge in [0.25, 0.3) is 5.91 Å². The number of aliphatic carboxylic acids is 1. The van der Waals surface area contributed by atoms with E-state index in [0.29, 0.717) is 22.2 Å². The number of carboxylic acid groups (broad SMARTS) is 1. The van der Waals surface area contributed by atoms with Crippen LogP contribution >= 0.6 is 24.0 Å². The van der Waals surface area contributed by atoms with Crippen LogP contribution in [-0.4, -0.2) is 42.5 Å². The SMILES string of the molecule is CCn1cc(C=C2SC(=S)N(CCCC(=O)O)C2=O)cn1. The van der Waals surface area contributed by atoms with Crippen LogP contribution in [0.25, 0.3) is 6.08 Å². The molecule has 1 aromatic heterocycles. The summed E-state index contributed by atoms with van der Waals surface area (Å²) in [6, 6.07) is 0. The number of carboxylic acids is 1. The highest BCUT2D eigenvalue weighted by molar-refractivity contribution is 8.26. The van der Waals surface area contributed by atoms with Crippen molar-refractivity contribution < 1.29 is 14.7 Å².